The van der Waals surface area contributed by atoms with Crippen LogP contribution >= 0.6 is 11.3 Å². The number of thiazole rings is 1. The summed E-state index contributed by atoms with van der Waals surface area (Å²) in [5, 5.41) is 0. The smallest absolute Gasteiger partial charge is 0.245 e. The maximum Gasteiger partial charge on any atom is 0.245 e. The average Bonchev–Trinajstić information content (AvgIpc) is 2.92. The molecule has 19 heavy (non-hydrogen) atoms. The minimum absolute atomic E-state index is 0.218. The first-order valence-corrected chi connectivity index (χ1v) is 6.60. The van der Waals surface area contributed by atoms with Crippen LogP contribution in [0.1, 0.15) is 6.92 Å². The van der Waals surface area contributed by atoms with E-state index in [4.69, 9.17) is 9.47 Å². The van der Waals surface area contributed by atoms with Crippen molar-refractivity contribution in [1.29, 1.82) is 0 Å². The third-order valence-electron chi connectivity index (χ3n) is 2.74. The van der Waals surface area contributed by atoms with E-state index in [9.17, 15) is 4.79 Å². The second-order valence-electron chi connectivity index (χ2n) is 4.09. The molecule has 0 bridgehead atoms. The number of nitrogens with zero attached hydrogens (tertiary/aromatic N) is 2. The largest absolute Gasteiger partial charge is 0.454 e. The molecule has 1 aromatic carbocycles. The molecule has 6 heteroatoms. The van der Waals surface area contributed by atoms with Gasteiger partial charge in [-0.1, -0.05) is 17.4 Å². The Bertz CT molecular complexity index is 742. The van der Waals surface area contributed by atoms with Gasteiger partial charge in [0, 0.05) is 25.6 Å². The van der Waals surface area contributed by atoms with Crippen LogP contribution in [-0.2, 0) is 11.3 Å². The second-order valence-corrected chi connectivity index (χ2v) is 5.10. The van der Waals surface area contributed by atoms with Crippen LogP contribution in [-0.4, -0.2) is 17.3 Å². The van der Waals surface area contributed by atoms with Crippen LogP contribution in [0.2, 0.25) is 0 Å². The molecule has 3 rings (SSSR count). The van der Waals surface area contributed by atoms with Crippen LogP contribution in [0.15, 0.2) is 29.8 Å². The highest BCUT2D eigenvalue weighted by Crippen LogP contribution is 2.36. The van der Waals surface area contributed by atoms with Crippen molar-refractivity contribution in [2.75, 3.05) is 6.79 Å². The number of ether oxygens (including phenoxy) is 2. The van der Waals surface area contributed by atoms with E-state index in [0.717, 1.165) is 21.7 Å². The van der Waals surface area contributed by atoms with Gasteiger partial charge in [-0.05, 0) is 0 Å². The third-order valence-corrected chi connectivity index (χ3v) is 3.78. The maximum absolute atomic E-state index is 11.2. The standard InChI is InChI=1S/C13H12N2O3S/c1-3-4-15-9-5-10-11(18-7-17-10)6-12(9)19-13(15)14-8(2)16/h3,5-6H,1,4,7H2,2H3. The first-order chi connectivity index (χ1) is 9.19. The number of hydrogen-bond donors (Lipinski definition) is 0. The van der Waals surface area contributed by atoms with Crippen molar-refractivity contribution >= 4 is 27.5 Å². The normalized spacial score (nSPS) is 14.1. The van der Waals surface area contributed by atoms with Crippen molar-refractivity contribution in [3.63, 3.8) is 0 Å². The molecule has 5 nitrogen and oxygen atoms in total. The lowest BCUT2D eigenvalue weighted by molar-refractivity contribution is -0.116. The molecule has 2 heterocycles. The molecule has 0 radical (unpaired) electrons. The Hall–Kier alpha value is -2.08. The number of carbonyl (C=O) groups excluding carboxylic acids is 1. The van der Waals surface area contributed by atoms with Crippen molar-refractivity contribution < 1.29 is 14.3 Å². The molecule has 1 aliphatic heterocycles. The van der Waals surface area contributed by atoms with Crippen molar-refractivity contribution in [2.24, 2.45) is 4.99 Å². The van der Waals surface area contributed by atoms with Crippen molar-refractivity contribution in [3.05, 3.63) is 29.6 Å². The number of hydrogen-bond acceptors (Lipinski definition) is 4. The molecule has 2 aromatic rings. The number of amides is 1. The highest BCUT2D eigenvalue weighted by atomic mass is 32.1. The van der Waals surface area contributed by atoms with E-state index in [1.165, 1.54) is 18.3 Å². The summed E-state index contributed by atoms with van der Waals surface area (Å²) in [7, 11) is 0. The fourth-order valence-electron chi connectivity index (χ4n) is 1.99. The third kappa shape index (κ3) is 2.04. The number of aromatic nitrogens is 1. The van der Waals surface area contributed by atoms with E-state index >= 15 is 0 Å². The van der Waals surface area contributed by atoms with E-state index in [-0.39, 0.29) is 12.7 Å². The lowest BCUT2D eigenvalue weighted by Crippen LogP contribution is -2.15. The molecular formula is C13H12N2O3S. The van der Waals surface area contributed by atoms with E-state index in [1.54, 1.807) is 6.08 Å². The minimum Gasteiger partial charge on any atom is -0.454 e. The highest BCUT2D eigenvalue weighted by Gasteiger charge is 2.17. The Morgan fingerprint density at radius 1 is 1.53 bits per heavy atom. The monoisotopic (exact) mass is 276 g/mol. The molecule has 98 valence electrons. The van der Waals surface area contributed by atoms with Gasteiger partial charge in [0.2, 0.25) is 12.7 Å². The SMILES string of the molecule is C=CCn1c(=NC(C)=O)sc2cc3c(cc21)OCO3. The Balaban J connectivity index is 2.31. The molecule has 0 N–H and O–H groups in total. The van der Waals surface area contributed by atoms with Gasteiger partial charge in [0.15, 0.2) is 16.3 Å². The molecule has 0 unspecified atom stereocenters. The Morgan fingerprint density at radius 2 is 2.26 bits per heavy atom. The summed E-state index contributed by atoms with van der Waals surface area (Å²) in [6.45, 7) is 6.01. The topological polar surface area (TPSA) is 52.8 Å². The molecular weight excluding hydrogens is 264 g/mol. The lowest BCUT2D eigenvalue weighted by Gasteiger charge is -2.01. The summed E-state index contributed by atoms with van der Waals surface area (Å²) in [6, 6.07) is 3.83. The quantitative estimate of drug-likeness (QED) is 0.789. The number of allylic oxidation sites excluding steroid dienone is 1. The lowest BCUT2D eigenvalue weighted by atomic mass is 10.3. The van der Waals surface area contributed by atoms with Gasteiger partial charge in [-0.3, -0.25) is 4.79 Å². The van der Waals surface area contributed by atoms with Crippen molar-refractivity contribution in [1.82, 2.24) is 4.57 Å². The molecule has 1 amide bonds. The zero-order valence-corrected chi connectivity index (χ0v) is 11.2. The molecule has 0 saturated carbocycles. The zero-order valence-electron chi connectivity index (χ0n) is 10.4. The summed E-state index contributed by atoms with van der Waals surface area (Å²) in [4.78, 5) is 15.9. The molecule has 1 aliphatic rings. The minimum atomic E-state index is -0.218. The summed E-state index contributed by atoms with van der Waals surface area (Å²) in [5.41, 5.74) is 0.967. The Labute approximate surface area is 113 Å². The van der Waals surface area contributed by atoms with Gasteiger partial charge in [-0.25, -0.2) is 0 Å². The van der Waals surface area contributed by atoms with Crippen LogP contribution < -0.4 is 14.3 Å². The van der Waals surface area contributed by atoms with Crippen LogP contribution in [0.4, 0.5) is 0 Å². The Morgan fingerprint density at radius 3 is 2.95 bits per heavy atom. The first kappa shape index (κ1) is 12.0. The van der Waals surface area contributed by atoms with E-state index in [0.29, 0.717) is 11.3 Å². The molecule has 1 aromatic heterocycles. The van der Waals surface area contributed by atoms with Gasteiger partial charge in [0.25, 0.3) is 0 Å². The van der Waals surface area contributed by atoms with E-state index in [2.05, 4.69) is 11.6 Å². The van der Waals surface area contributed by atoms with Crippen LogP contribution in [0.3, 0.4) is 0 Å². The average molecular weight is 276 g/mol. The van der Waals surface area contributed by atoms with Gasteiger partial charge in [0.1, 0.15) is 0 Å². The Kier molecular flexibility index (Phi) is 2.87. The van der Waals surface area contributed by atoms with Gasteiger partial charge in [-0.15, -0.1) is 6.58 Å². The molecule has 0 atom stereocenters. The van der Waals surface area contributed by atoms with Gasteiger partial charge in [0.05, 0.1) is 10.2 Å². The fourth-order valence-corrected chi connectivity index (χ4v) is 3.08. The van der Waals surface area contributed by atoms with Crippen molar-refractivity contribution in [3.8, 4) is 11.5 Å². The number of rotatable bonds is 2. The second kappa shape index (κ2) is 4.55. The zero-order chi connectivity index (χ0) is 13.4. The van der Waals surface area contributed by atoms with Gasteiger partial charge in [-0.2, -0.15) is 4.99 Å². The first-order valence-electron chi connectivity index (χ1n) is 5.78. The molecule has 0 spiro atoms. The van der Waals surface area contributed by atoms with Crippen LogP contribution in [0.5, 0.6) is 11.5 Å². The summed E-state index contributed by atoms with van der Waals surface area (Å²) >= 11 is 1.45. The van der Waals surface area contributed by atoms with Gasteiger partial charge < -0.3 is 14.0 Å². The predicted molar refractivity (Wildman–Crippen MR) is 72.4 cm³/mol. The fraction of sp³-hybridized carbons (Fsp3) is 0.231. The van der Waals surface area contributed by atoms with E-state index in [1.807, 2.05) is 16.7 Å². The predicted octanol–water partition coefficient (Wildman–Crippen LogP) is 2.06. The van der Waals surface area contributed by atoms with Crippen LogP contribution in [0, 0.1) is 0 Å². The molecule has 0 fully saturated rings. The number of benzene rings is 1. The van der Waals surface area contributed by atoms with Gasteiger partial charge >= 0.3 is 0 Å². The summed E-state index contributed by atoms with van der Waals surface area (Å²) in [5.74, 6) is 1.23. The maximum atomic E-state index is 11.2. The van der Waals surface area contributed by atoms with E-state index < -0.39 is 0 Å². The summed E-state index contributed by atoms with van der Waals surface area (Å²) < 4.78 is 13.7. The highest BCUT2D eigenvalue weighted by molar-refractivity contribution is 7.16. The number of fused-ring (bicyclic) bond motifs is 2. The molecule has 0 saturated heterocycles. The summed E-state index contributed by atoms with van der Waals surface area (Å²) in [6.07, 6.45) is 1.77. The molecule has 0 aliphatic carbocycles. The van der Waals surface area contributed by atoms with Crippen molar-refractivity contribution in [2.45, 2.75) is 13.5 Å². The van der Waals surface area contributed by atoms with Crippen LogP contribution in [0.25, 0.3) is 10.2 Å². The number of carbonyl (C=O) groups is 1.